The highest BCUT2D eigenvalue weighted by Gasteiger charge is 2.10. The summed E-state index contributed by atoms with van der Waals surface area (Å²) >= 11 is 3.25. The molecule has 0 aliphatic heterocycles. The monoisotopic (exact) mass is 287 g/mol. The van der Waals surface area contributed by atoms with Crippen LogP contribution in [0.5, 0.6) is 0 Å². The van der Waals surface area contributed by atoms with Crippen LogP contribution < -0.4 is 15.7 Å². The number of halogens is 1. The van der Waals surface area contributed by atoms with Crippen LogP contribution >= 0.6 is 15.9 Å². The lowest BCUT2D eigenvalue weighted by Crippen LogP contribution is -2.32. The second-order valence-corrected chi connectivity index (χ2v) is 3.74. The lowest BCUT2D eigenvalue weighted by molar-refractivity contribution is -0.109. The summed E-state index contributed by atoms with van der Waals surface area (Å²) in [5, 5.41) is 11.2. The number of hydrogen-bond donors (Lipinski definition) is 3. The molecule has 0 aromatic heterocycles. The van der Waals surface area contributed by atoms with Crippen molar-refractivity contribution in [3.63, 3.8) is 0 Å². The molecule has 0 radical (unpaired) electrons. The fourth-order valence-corrected chi connectivity index (χ4v) is 1.50. The molecule has 86 valence electrons. The van der Waals surface area contributed by atoms with Crippen LogP contribution in [0, 0.1) is 0 Å². The summed E-state index contributed by atoms with van der Waals surface area (Å²) < 4.78 is 0.749. The van der Waals surface area contributed by atoms with Gasteiger partial charge in [-0.1, -0.05) is 15.9 Å². The Morgan fingerprint density at radius 3 is 2.75 bits per heavy atom. The maximum atomic E-state index is 10.8. The third-order valence-electron chi connectivity index (χ3n) is 1.86. The number of carbonyl (C=O) groups excluding carboxylic acids is 2. The van der Waals surface area contributed by atoms with Gasteiger partial charge in [0.25, 0.3) is 0 Å². The molecule has 0 unspecified atom stereocenters. The molecule has 0 aliphatic carbocycles. The molecule has 16 heavy (non-hydrogen) atoms. The van der Waals surface area contributed by atoms with Gasteiger partial charge in [0.1, 0.15) is 0 Å². The van der Waals surface area contributed by atoms with E-state index in [0.717, 1.165) is 4.47 Å². The molecular formula is C9H10BrN3O3. The maximum absolute atomic E-state index is 10.8. The summed E-state index contributed by atoms with van der Waals surface area (Å²) in [6.07, 6.45) is 1.04. The number of carbonyl (C=O) groups is 2. The highest BCUT2D eigenvalue weighted by atomic mass is 79.9. The van der Waals surface area contributed by atoms with Crippen molar-refractivity contribution in [1.82, 2.24) is 5.32 Å². The van der Waals surface area contributed by atoms with Crippen LogP contribution in [0.25, 0.3) is 0 Å². The standard InChI is InChI=1S/C9H10BrN3O3/c10-7-1-2-8(12-16)9(3-7)13(6-15)4-11-5-14/h1-3,5-6,12,16H,4H2,(H,11,14). The quantitative estimate of drug-likeness (QED) is 0.413. The second kappa shape index (κ2) is 6.09. The Kier molecular flexibility index (Phi) is 4.74. The molecule has 1 aromatic carbocycles. The summed E-state index contributed by atoms with van der Waals surface area (Å²) in [6.45, 7) is 0.0259. The number of amides is 2. The van der Waals surface area contributed by atoms with Crippen molar-refractivity contribution in [2.45, 2.75) is 0 Å². The van der Waals surface area contributed by atoms with E-state index in [1.807, 2.05) is 5.48 Å². The zero-order valence-corrected chi connectivity index (χ0v) is 9.77. The Morgan fingerprint density at radius 2 is 2.19 bits per heavy atom. The summed E-state index contributed by atoms with van der Waals surface area (Å²) in [4.78, 5) is 22.2. The van der Waals surface area contributed by atoms with Crippen molar-refractivity contribution in [1.29, 1.82) is 0 Å². The summed E-state index contributed by atoms with van der Waals surface area (Å²) in [6, 6.07) is 4.94. The minimum absolute atomic E-state index is 0.0259. The highest BCUT2D eigenvalue weighted by Crippen LogP contribution is 2.28. The van der Waals surface area contributed by atoms with Gasteiger partial charge in [-0.2, -0.15) is 0 Å². The maximum Gasteiger partial charge on any atom is 0.215 e. The van der Waals surface area contributed by atoms with Crippen LogP contribution in [0.1, 0.15) is 0 Å². The van der Waals surface area contributed by atoms with Gasteiger partial charge in [0.15, 0.2) is 0 Å². The Bertz CT molecular complexity index is 386. The molecule has 0 aliphatic rings. The largest absolute Gasteiger partial charge is 0.341 e. The Hall–Kier alpha value is -1.60. The highest BCUT2D eigenvalue weighted by molar-refractivity contribution is 9.10. The third-order valence-corrected chi connectivity index (χ3v) is 2.36. The fraction of sp³-hybridized carbons (Fsp3) is 0.111. The van der Waals surface area contributed by atoms with Gasteiger partial charge in [-0.25, -0.2) is 0 Å². The average molecular weight is 288 g/mol. The molecule has 0 atom stereocenters. The van der Waals surface area contributed by atoms with Crippen LogP contribution in [-0.2, 0) is 9.59 Å². The van der Waals surface area contributed by atoms with Crippen molar-refractivity contribution >= 4 is 40.1 Å². The molecular weight excluding hydrogens is 278 g/mol. The molecule has 0 spiro atoms. The molecule has 3 N–H and O–H groups in total. The molecule has 0 saturated carbocycles. The van der Waals surface area contributed by atoms with Crippen molar-refractivity contribution in [3.8, 4) is 0 Å². The minimum Gasteiger partial charge on any atom is -0.341 e. The van der Waals surface area contributed by atoms with Gasteiger partial charge in [0.2, 0.25) is 12.8 Å². The SMILES string of the molecule is O=CNCN(C=O)c1cc(Br)ccc1NO. The predicted octanol–water partition coefficient (Wildman–Crippen LogP) is 0.916. The summed E-state index contributed by atoms with van der Waals surface area (Å²) in [7, 11) is 0. The molecule has 1 aromatic rings. The van der Waals surface area contributed by atoms with E-state index in [9.17, 15) is 9.59 Å². The van der Waals surface area contributed by atoms with Crippen molar-refractivity contribution in [2.24, 2.45) is 0 Å². The van der Waals surface area contributed by atoms with E-state index >= 15 is 0 Å². The molecule has 0 fully saturated rings. The van der Waals surface area contributed by atoms with Crippen LogP contribution in [-0.4, -0.2) is 24.7 Å². The number of rotatable bonds is 6. The van der Waals surface area contributed by atoms with Crippen LogP contribution in [0.15, 0.2) is 22.7 Å². The Balaban J connectivity index is 3.01. The Morgan fingerprint density at radius 1 is 1.44 bits per heavy atom. The number of nitrogens with one attached hydrogen (secondary N) is 2. The molecule has 7 heteroatoms. The van der Waals surface area contributed by atoms with Gasteiger partial charge >= 0.3 is 0 Å². The molecule has 6 nitrogen and oxygen atoms in total. The normalized spacial score (nSPS) is 9.38. The first-order chi connectivity index (χ1) is 7.72. The van der Waals surface area contributed by atoms with Crippen LogP contribution in [0.3, 0.4) is 0 Å². The van der Waals surface area contributed by atoms with Gasteiger partial charge < -0.3 is 5.32 Å². The van der Waals surface area contributed by atoms with E-state index in [0.29, 0.717) is 24.2 Å². The van der Waals surface area contributed by atoms with Crippen LogP contribution in [0.2, 0.25) is 0 Å². The zero-order chi connectivity index (χ0) is 12.0. The van der Waals surface area contributed by atoms with Gasteiger partial charge in [-0.3, -0.25) is 25.2 Å². The van der Waals surface area contributed by atoms with Gasteiger partial charge in [0, 0.05) is 4.47 Å². The fourth-order valence-electron chi connectivity index (χ4n) is 1.15. The van der Waals surface area contributed by atoms with E-state index in [-0.39, 0.29) is 6.67 Å². The zero-order valence-electron chi connectivity index (χ0n) is 8.18. The molecule has 1 rings (SSSR count). The van der Waals surface area contributed by atoms with Gasteiger partial charge in [-0.05, 0) is 18.2 Å². The Labute approximate surface area is 100 Å². The van der Waals surface area contributed by atoms with Crippen molar-refractivity contribution < 1.29 is 14.8 Å². The van der Waals surface area contributed by atoms with Crippen LogP contribution in [0.4, 0.5) is 11.4 Å². The average Bonchev–Trinajstić information content (AvgIpc) is 2.30. The van der Waals surface area contributed by atoms with Crippen molar-refractivity contribution in [3.05, 3.63) is 22.7 Å². The lowest BCUT2D eigenvalue weighted by Gasteiger charge is -2.19. The third kappa shape index (κ3) is 2.94. The first kappa shape index (κ1) is 12.5. The van der Waals surface area contributed by atoms with Gasteiger partial charge in [-0.15, -0.1) is 0 Å². The predicted molar refractivity (Wildman–Crippen MR) is 62.2 cm³/mol. The first-order valence-corrected chi connectivity index (χ1v) is 5.11. The number of hydrogen-bond acceptors (Lipinski definition) is 4. The lowest BCUT2D eigenvalue weighted by atomic mass is 10.2. The number of nitrogens with zero attached hydrogens (tertiary/aromatic N) is 1. The van der Waals surface area contributed by atoms with Gasteiger partial charge in [0.05, 0.1) is 18.0 Å². The summed E-state index contributed by atoms with van der Waals surface area (Å²) in [5.74, 6) is 0. The van der Waals surface area contributed by atoms with E-state index in [4.69, 9.17) is 5.21 Å². The minimum atomic E-state index is 0.0259. The smallest absolute Gasteiger partial charge is 0.215 e. The second-order valence-electron chi connectivity index (χ2n) is 2.83. The summed E-state index contributed by atoms with van der Waals surface area (Å²) in [5.41, 5.74) is 2.79. The first-order valence-electron chi connectivity index (χ1n) is 4.31. The topological polar surface area (TPSA) is 81.7 Å². The molecule has 0 heterocycles. The molecule has 2 amide bonds. The molecule has 0 saturated heterocycles. The molecule has 0 bridgehead atoms. The number of benzene rings is 1. The number of anilines is 2. The van der Waals surface area contributed by atoms with E-state index in [2.05, 4.69) is 21.2 Å². The van der Waals surface area contributed by atoms with E-state index in [1.165, 1.54) is 4.90 Å². The van der Waals surface area contributed by atoms with Crippen molar-refractivity contribution in [2.75, 3.05) is 17.0 Å². The van der Waals surface area contributed by atoms with E-state index in [1.54, 1.807) is 18.2 Å². The van der Waals surface area contributed by atoms with E-state index < -0.39 is 0 Å².